The van der Waals surface area contributed by atoms with E-state index in [0.717, 1.165) is 6.42 Å². The molecule has 1 aliphatic carbocycles. The average Bonchev–Trinajstić information content (AvgIpc) is 2.54. The number of hydrogen-bond acceptors (Lipinski definition) is 2. The molecule has 3 atom stereocenters. The first-order valence-corrected chi connectivity index (χ1v) is 6.98. The van der Waals surface area contributed by atoms with Crippen molar-refractivity contribution in [2.24, 2.45) is 5.92 Å². The van der Waals surface area contributed by atoms with Gasteiger partial charge in [-0.25, -0.2) is 0 Å². The number of hydrogen-bond donors (Lipinski definition) is 0. The first-order chi connectivity index (χ1) is 7.83. The molecule has 2 nitrogen and oxygen atoms in total. The van der Waals surface area contributed by atoms with Crippen LogP contribution in [0.1, 0.15) is 58.3 Å². The molecule has 2 rings (SSSR count). The van der Waals surface area contributed by atoms with Gasteiger partial charge in [0.2, 0.25) is 0 Å². The molecule has 1 saturated carbocycles. The van der Waals surface area contributed by atoms with Gasteiger partial charge in [0.1, 0.15) is 0 Å². The molecule has 0 aromatic heterocycles. The van der Waals surface area contributed by atoms with Crippen LogP contribution in [0.2, 0.25) is 0 Å². The van der Waals surface area contributed by atoms with Gasteiger partial charge in [-0.1, -0.05) is 25.7 Å². The molecule has 90 valence electrons. The van der Waals surface area contributed by atoms with Gasteiger partial charge in [0.15, 0.2) is 0 Å². The number of rotatable bonds is 1. The lowest BCUT2D eigenvalue weighted by atomic mass is 9.83. The maximum Gasteiger partial charge on any atom is 0.0672 e. The summed E-state index contributed by atoms with van der Waals surface area (Å²) < 4.78 is 0. The quantitative estimate of drug-likeness (QED) is 0.677. The van der Waals surface area contributed by atoms with Crippen LogP contribution >= 0.6 is 0 Å². The lowest BCUT2D eigenvalue weighted by Gasteiger charge is -2.40. The predicted molar refractivity (Wildman–Crippen MR) is 66.0 cm³/mol. The van der Waals surface area contributed by atoms with E-state index in [2.05, 4.69) is 17.9 Å². The Labute approximate surface area is 99.6 Å². The Kier molecular flexibility index (Phi) is 4.23. The molecule has 2 heteroatoms. The second-order valence-electron chi connectivity index (χ2n) is 5.52. The highest BCUT2D eigenvalue weighted by Crippen LogP contribution is 2.31. The maximum absolute atomic E-state index is 9.27. The van der Waals surface area contributed by atoms with E-state index in [4.69, 9.17) is 0 Å². The van der Waals surface area contributed by atoms with Gasteiger partial charge in [-0.3, -0.25) is 4.90 Å². The van der Waals surface area contributed by atoms with Gasteiger partial charge in [0.05, 0.1) is 12.0 Å². The summed E-state index contributed by atoms with van der Waals surface area (Å²) in [4.78, 5) is 2.65. The molecule has 0 bridgehead atoms. The summed E-state index contributed by atoms with van der Waals surface area (Å²) in [6.45, 7) is 3.58. The zero-order chi connectivity index (χ0) is 11.4. The largest absolute Gasteiger partial charge is 0.296 e. The minimum absolute atomic E-state index is 0.300. The van der Waals surface area contributed by atoms with Crippen molar-refractivity contribution in [2.75, 3.05) is 6.54 Å². The summed E-state index contributed by atoms with van der Waals surface area (Å²) in [5, 5.41) is 9.27. The molecule has 3 unspecified atom stereocenters. The van der Waals surface area contributed by atoms with E-state index in [1.807, 2.05) is 0 Å². The second-order valence-corrected chi connectivity index (χ2v) is 5.52. The molecule has 0 aromatic rings. The summed E-state index contributed by atoms with van der Waals surface area (Å²) in [7, 11) is 0. The Morgan fingerprint density at radius 3 is 2.56 bits per heavy atom. The van der Waals surface area contributed by atoms with Crippen molar-refractivity contribution in [3.63, 3.8) is 0 Å². The van der Waals surface area contributed by atoms with Crippen molar-refractivity contribution in [3.05, 3.63) is 0 Å². The molecule has 0 spiro atoms. The fraction of sp³-hybridized carbons (Fsp3) is 0.929. The summed E-state index contributed by atoms with van der Waals surface area (Å²) in [5.74, 6) is 0.300. The van der Waals surface area contributed by atoms with Crippen molar-refractivity contribution >= 4 is 0 Å². The van der Waals surface area contributed by atoms with E-state index >= 15 is 0 Å². The van der Waals surface area contributed by atoms with Crippen LogP contribution in [0.3, 0.4) is 0 Å². The van der Waals surface area contributed by atoms with Crippen LogP contribution in [0.15, 0.2) is 0 Å². The molecule has 1 aliphatic heterocycles. The standard InChI is InChI=1S/C14H24N2/c1-12-7-3-2-6-10-16(12)14-9-5-4-8-13(14)11-15/h12-14H,2-10H2,1H3. The van der Waals surface area contributed by atoms with Crippen molar-refractivity contribution in [1.29, 1.82) is 5.26 Å². The average molecular weight is 220 g/mol. The highest BCUT2D eigenvalue weighted by Gasteiger charge is 2.32. The molecule has 0 radical (unpaired) electrons. The smallest absolute Gasteiger partial charge is 0.0672 e. The Hall–Kier alpha value is -0.550. The Balaban J connectivity index is 2.05. The van der Waals surface area contributed by atoms with Gasteiger partial charge in [0.25, 0.3) is 0 Å². The normalized spacial score (nSPS) is 37.6. The van der Waals surface area contributed by atoms with Crippen LogP contribution in [0, 0.1) is 17.2 Å². The van der Waals surface area contributed by atoms with Gasteiger partial charge < -0.3 is 0 Å². The monoisotopic (exact) mass is 220 g/mol. The third kappa shape index (κ3) is 2.58. The van der Waals surface area contributed by atoms with Crippen LogP contribution < -0.4 is 0 Å². The number of nitriles is 1. The second kappa shape index (κ2) is 5.68. The van der Waals surface area contributed by atoms with Crippen LogP contribution in [-0.4, -0.2) is 23.5 Å². The maximum atomic E-state index is 9.27. The van der Waals surface area contributed by atoms with Gasteiger partial charge >= 0.3 is 0 Å². The molecule has 1 saturated heterocycles. The van der Waals surface area contributed by atoms with E-state index < -0.39 is 0 Å². The lowest BCUT2D eigenvalue weighted by Crippen LogP contribution is -2.46. The third-order valence-electron chi connectivity index (χ3n) is 4.43. The van der Waals surface area contributed by atoms with E-state index in [0.29, 0.717) is 18.0 Å². The van der Waals surface area contributed by atoms with E-state index in [9.17, 15) is 5.26 Å². The van der Waals surface area contributed by atoms with Crippen molar-refractivity contribution in [3.8, 4) is 6.07 Å². The summed E-state index contributed by atoms with van der Waals surface area (Å²) >= 11 is 0. The molecule has 0 aromatic carbocycles. The van der Waals surface area contributed by atoms with Crippen LogP contribution in [-0.2, 0) is 0 Å². The summed E-state index contributed by atoms with van der Waals surface area (Å²) in [6, 6.07) is 3.81. The highest BCUT2D eigenvalue weighted by molar-refractivity contribution is 4.97. The molecular weight excluding hydrogens is 196 g/mol. The molecule has 2 aliphatic rings. The van der Waals surface area contributed by atoms with E-state index in [-0.39, 0.29) is 0 Å². The zero-order valence-electron chi connectivity index (χ0n) is 10.5. The summed E-state index contributed by atoms with van der Waals surface area (Å²) in [6.07, 6.45) is 10.4. The minimum Gasteiger partial charge on any atom is -0.296 e. The fourth-order valence-electron chi connectivity index (χ4n) is 3.45. The molecule has 0 amide bonds. The first-order valence-electron chi connectivity index (χ1n) is 6.98. The fourth-order valence-corrected chi connectivity index (χ4v) is 3.45. The minimum atomic E-state index is 0.300. The Morgan fingerprint density at radius 2 is 1.75 bits per heavy atom. The molecule has 16 heavy (non-hydrogen) atoms. The Bertz CT molecular complexity index is 256. The Morgan fingerprint density at radius 1 is 1.00 bits per heavy atom. The third-order valence-corrected chi connectivity index (χ3v) is 4.43. The number of nitrogens with zero attached hydrogens (tertiary/aromatic N) is 2. The summed E-state index contributed by atoms with van der Waals surface area (Å²) in [5.41, 5.74) is 0. The molecule has 2 fully saturated rings. The SMILES string of the molecule is CC1CCCCCN1C1CCCCC1C#N. The predicted octanol–water partition coefficient (Wildman–Crippen LogP) is 3.33. The van der Waals surface area contributed by atoms with E-state index in [1.54, 1.807) is 0 Å². The van der Waals surface area contributed by atoms with Crippen molar-refractivity contribution < 1.29 is 0 Å². The lowest BCUT2D eigenvalue weighted by molar-refractivity contribution is 0.0911. The van der Waals surface area contributed by atoms with Gasteiger partial charge in [0, 0.05) is 12.1 Å². The topological polar surface area (TPSA) is 27.0 Å². The van der Waals surface area contributed by atoms with Crippen molar-refractivity contribution in [1.82, 2.24) is 4.90 Å². The highest BCUT2D eigenvalue weighted by atomic mass is 15.2. The van der Waals surface area contributed by atoms with Gasteiger partial charge in [-0.05, 0) is 39.2 Å². The molecule has 0 N–H and O–H groups in total. The number of likely N-dealkylation sites (tertiary alicyclic amines) is 1. The van der Waals surface area contributed by atoms with Gasteiger partial charge in [-0.15, -0.1) is 0 Å². The van der Waals surface area contributed by atoms with Crippen LogP contribution in [0.25, 0.3) is 0 Å². The molecule has 1 heterocycles. The van der Waals surface area contributed by atoms with Crippen LogP contribution in [0.5, 0.6) is 0 Å². The molecular formula is C14H24N2. The first kappa shape index (κ1) is 11.9. The van der Waals surface area contributed by atoms with Gasteiger partial charge in [-0.2, -0.15) is 5.26 Å². The zero-order valence-corrected chi connectivity index (χ0v) is 10.5. The van der Waals surface area contributed by atoms with Crippen molar-refractivity contribution in [2.45, 2.75) is 70.4 Å². The van der Waals surface area contributed by atoms with E-state index in [1.165, 1.54) is 51.5 Å². The van der Waals surface area contributed by atoms with Crippen LogP contribution in [0.4, 0.5) is 0 Å².